The molecule has 0 saturated carbocycles. The minimum Gasteiger partial charge on any atom is -0.308 e. The molecule has 0 aliphatic carbocycles. The van der Waals surface area contributed by atoms with Crippen molar-refractivity contribution in [1.82, 2.24) is 15.1 Å². The van der Waals surface area contributed by atoms with E-state index in [4.69, 9.17) is 0 Å². The standard InChI is InChI=1S/C11H14FN3S/c1-2-15-8-9(6-14-15)5-13-7-10-3-4-11(12)16-10/h3-4,6,8,13H,2,5,7H2,1H3. The number of nitrogens with zero attached hydrogens (tertiary/aromatic N) is 2. The van der Waals surface area contributed by atoms with E-state index in [-0.39, 0.29) is 5.13 Å². The number of hydrogen-bond acceptors (Lipinski definition) is 3. The Morgan fingerprint density at radius 2 is 2.31 bits per heavy atom. The van der Waals surface area contributed by atoms with Crippen LogP contribution in [0, 0.1) is 5.13 Å². The van der Waals surface area contributed by atoms with E-state index < -0.39 is 0 Å². The van der Waals surface area contributed by atoms with E-state index in [0.29, 0.717) is 6.54 Å². The van der Waals surface area contributed by atoms with Crippen molar-refractivity contribution in [2.75, 3.05) is 0 Å². The van der Waals surface area contributed by atoms with Crippen LogP contribution in [0.1, 0.15) is 17.4 Å². The van der Waals surface area contributed by atoms with Crippen LogP contribution in [0.3, 0.4) is 0 Å². The molecule has 2 heterocycles. The van der Waals surface area contributed by atoms with Gasteiger partial charge in [-0.15, -0.1) is 11.3 Å². The van der Waals surface area contributed by atoms with Crippen LogP contribution >= 0.6 is 11.3 Å². The minimum atomic E-state index is -0.129. The molecule has 0 spiro atoms. The van der Waals surface area contributed by atoms with E-state index in [9.17, 15) is 4.39 Å². The molecule has 1 N–H and O–H groups in total. The Kier molecular flexibility index (Phi) is 3.69. The molecule has 0 aromatic carbocycles. The van der Waals surface area contributed by atoms with Crippen molar-refractivity contribution >= 4 is 11.3 Å². The second-order valence-electron chi connectivity index (χ2n) is 3.51. The number of aromatic nitrogens is 2. The maximum Gasteiger partial charge on any atom is 0.176 e. The van der Waals surface area contributed by atoms with Gasteiger partial charge in [0.2, 0.25) is 0 Å². The molecule has 0 amide bonds. The van der Waals surface area contributed by atoms with Gasteiger partial charge >= 0.3 is 0 Å². The molecule has 0 bridgehead atoms. The third-order valence-electron chi connectivity index (χ3n) is 2.27. The van der Waals surface area contributed by atoms with Gasteiger partial charge in [-0.05, 0) is 19.1 Å². The molecule has 0 atom stereocenters. The van der Waals surface area contributed by atoms with Crippen molar-refractivity contribution in [1.29, 1.82) is 0 Å². The average molecular weight is 239 g/mol. The quantitative estimate of drug-likeness (QED) is 0.868. The van der Waals surface area contributed by atoms with Gasteiger partial charge in [-0.25, -0.2) is 0 Å². The Hall–Kier alpha value is -1.20. The van der Waals surface area contributed by atoms with Crippen LogP contribution in [0.15, 0.2) is 24.5 Å². The zero-order valence-electron chi connectivity index (χ0n) is 9.11. The summed E-state index contributed by atoms with van der Waals surface area (Å²) in [6, 6.07) is 3.30. The molecule has 0 saturated heterocycles. The SMILES string of the molecule is CCn1cc(CNCc2ccc(F)s2)cn1. The molecule has 2 aromatic rings. The van der Waals surface area contributed by atoms with Gasteiger partial charge < -0.3 is 5.32 Å². The third-order valence-corrected chi connectivity index (χ3v) is 3.14. The van der Waals surface area contributed by atoms with Crippen molar-refractivity contribution in [3.8, 4) is 0 Å². The molecule has 5 heteroatoms. The highest BCUT2D eigenvalue weighted by Crippen LogP contribution is 2.13. The van der Waals surface area contributed by atoms with Crippen LogP contribution in [-0.2, 0) is 19.6 Å². The highest BCUT2D eigenvalue weighted by molar-refractivity contribution is 7.10. The van der Waals surface area contributed by atoms with Gasteiger partial charge in [-0.3, -0.25) is 4.68 Å². The summed E-state index contributed by atoms with van der Waals surface area (Å²) in [6.07, 6.45) is 3.87. The van der Waals surface area contributed by atoms with Crippen LogP contribution in [0.5, 0.6) is 0 Å². The Labute approximate surface area is 97.9 Å². The smallest absolute Gasteiger partial charge is 0.176 e. The molecular weight excluding hydrogens is 225 g/mol. The van der Waals surface area contributed by atoms with Gasteiger partial charge in [0.1, 0.15) is 0 Å². The largest absolute Gasteiger partial charge is 0.308 e. The van der Waals surface area contributed by atoms with Crippen molar-refractivity contribution in [3.05, 3.63) is 40.1 Å². The van der Waals surface area contributed by atoms with Gasteiger partial charge in [-0.1, -0.05) is 0 Å². The second kappa shape index (κ2) is 5.23. The lowest BCUT2D eigenvalue weighted by atomic mass is 10.3. The summed E-state index contributed by atoms with van der Waals surface area (Å²) in [7, 11) is 0. The zero-order chi connectivity index (χ0) is 11.4. The predicted molar refractivity (Wildman–Crippen MR) is 62.7 cm³/mol. The summed E-state index contributed by atoms with van der Waals surface area (Å²) in [4.78, 5) is 1.01. The van der Waals surface area contributed by atoms with Gasteiger partial charge in [-0.2, -0.15) is 9.49 Å². The molecule has 0 aliphatic rings. The molecule has 0 aliphatic heterocycles. The lowest BCUT2D eigenvalue weighted by Crippen LogP contribution is -2.11. The van der Waals surface area contributed by atoms with E-state index in [1.165, 1.54) is 17.4 Å². The Bertz CT molecular complexity index is 450. The molecule has 0 fully saturated rings. The molecule has 2 rings (SSSR count). The van der Waals surface area contributed by atoms with Crippen molar-refractivity contribution in [2.45, 2.75) is 26.6 Å². The number of rotatable bonds is 5. The van der Waals surface area contributed by atoms with E-state index in [0.717, 1.165) is 23.5 Å². The first-order valence-corrected chi connectivity index (χ1v) is 6.06. The van der Waals surface area contributed by atoms with Crippen LogP contribution in [0.2, 0.25) is 0 Å². The number of thiophene rings is 1. The molecule has 0 radical (unpaired) electrons. The van der Waals surface area contributed by atoms with E-state index in [2.05, 4.69) is 17.3 Å². The maximum absolute atomic E-state index is 12.7. The first-order chi connectivity index (χ1) is 7.78. The number of nitrogens with one attached hydrogen (secondary N) is 1. The maximum atomic E-state index is 12.7. The van der Waals surface area contributed by atoms with Crippen LogP contribution < -0.4 is 5.32 Å². The number of halogens is 1. The molecule has 16 heavy (non-hydrogen) atoms. The lowest BCUT2D eigenvalue weighted by Gasteiger charge is -1.99. The number of aryl methyl sites for hydroxylation is 1. The Morgan fingerprint density at radius 1 is 1.44 bits per heavy atom. The molecule has 86 valence electrons. The second-order valence-corrected chi connectivity index (χ2v) is 4.63. The highest BCUT2D eigenvalue weighted by Gasteiger charge is 2.00. The third kappa shape index (κ3) is 2.90. The van der Waals surface area contributed by atoms with Crippen molar-refractivity contribution in [3.63, 3.8) is 0 Å². The normalized spacial score (nSPS) is 10.9. The fourth-order valence-electron chi connectivity index (χ4n) is 1.45. The van der Waals surface area contributed by atoms with Crippen molar-refractivity contribution in [2.24, 2.45) is 0 Å². The summed E-state index contributed by atoms with van der Waals surface area (Å²) >= 11 is 1.18. The number of hydrogen-bond donors (Lipinski definition) is 1. The van der Waals surface area contributed by atoms with Gasteiger partial charge in [0.25, 0.3) is 0 Å². The summed E-state index contributed by atoms with van der Waals surface area (Å²) < 4.78 is 14.6. The Balaban J connectivity index is 1.79. The van der Waals surface area contributed by atoms with Crippen molar-refractivity contribution < 1.29 is 4.39 Å². The minimum absolute atomic E-state index is 0.129. The highest BCUT2D eigenvalue weighted by atomic mass is 32.1. The predicted octanol–water partition coefficient (Wildman–Crippen LogP) is 2.39. The molecule has 0 unspecified atom stereocenters. The lowest BCUT2D eigenvalue weighted by molar-refractivity contribution is 0.656. The molecular formula is C11H14FN3S. The molecule has 3 nitrogen and oxygen atoms in total. The van der Waals surface area contributed by atoms with Gasteiger partial charge in [0, 0.05) is 36.3 Å². The average Bonchev–Trinajstić information content (AvgIpc) is 2.88. The van der Waals surface area contributed by atoms with E-state index in [1.807, 2.05) is 23.1 Å². The topological polar surface area (TPSA) is 29.9 Å². The summed E-state index contributed by atoms with van der Waals surface area (Å²) in [5, 5.41) is 7.31. The summed E-state index contributed by atoms with van der Waals surface area (Å²) in [5.41, 5.74) is 1.15. The van der Waals surface area contributed by atoms with Crippen LogP contribution in [0.4, 0.5) is 4.39 Å². The van der Waals surface area contributed by atoms with Crippen LogP contribution in [-0.4, -0.2) is 9.78 Å². The van der Waals surface area contributed by atoms with Gasteiger partial charge in [0.05, 0.1) is 6.20 Å². The van der Waals surface area contributed by atoms with E-state index >= 15 is 0 Å². The van der Waals surface area contributed by atoms with Gasteiger partial charge in [0.15, 0.2) is 5.13 Å². The fourth-order valence-corrected chi connectivity index (χ4v) is 2.14. The fraction of sp³-hybridized carbons (Fsp3) is 0.364. The zero-order valence-corrected chi connectivity index (χ0v) is 9.93. The molecule has 2 aromatic heterocycles. The summed E-state index contributed by atoms with van der Waals surface area (Å²) in [5.74, 6) is 0. The van der Waals surface area contributed by atoms with E-state index in [1.54, 1.807) is 0 Å². The monoisotopic (exact) mass is 239 g/mol. The first kappa shape index (κ1) is 11.3. The first-order valence-electron chi connectivity index (χ1n) is 5.24. The Morgan fingerprint density at radius 3 is 2.94 bits per heavy atom. The summed E-state index contributed by atoms with van der Waals surface area (Å²) in [6.45, 7) is 4.40. The van der Waals surface area contributed by atoms with Crippen LogP contribution in [0.25, 0.3) is 0 Å².